The molecule has 208 valence electrons. The summed E-state index contributed by atoms with van der Waals surface area (Å²) in [4.78, 5) is 55.8. The molecule has 9 nitrogen and oxygen atoms in total. The van der Waals surface area contributed by atoms with Crippen molar-refractivity contribution in [3.05, 3.63) is 64.0 Å². The number of aromatic nitrogens is 1. The monoisotopic (exact) mass is 535 g/mol. The minimum absolute atomic E-state index is 0.0874. The molecule has 1 saturated carbocycles. The Balaban J connectivity index is 0.00000134. The highest BCUT2D eigenvalue weighted by Crippen LogP contribution is 2.47. The van der Waals surface area contributed by atoms with Gasteiger partial charge in [0.25, 0.3) is 5.91 Å². The molecule has 0 saturated heterocycles. The summed E-state index contributed by atoms with van der Waals surface area (Å²) in [7, 11) is 2.85. The molecule has 3 amide bonds. The van der Waals surface area contributed by atoms with Gasteiger partial charge < -0.3 is 14.4 Å². The number of rotatable bonds is 9. The molecule has 1 aromatic carbocycles. The summed E-state index contributed by atoms with van der Waals surface area (Å²) in [6.45, 7) is 8.27. The molecule has 39 heavy (non-hydrogen) atoms. The predicted octanol–water partition coefficient (Wildman–Crippen LogP) is 4.33. The summed E-state index contributed by atoms with van der Waals surface area (Å²) in [5.41, 5.74) is 2.69. The fraction of sp³-hybridized carbons (Fsp3) is 0.433. The quantitative estimate of drug-likeness (QED) is 0.375. The molecule has 4 rings (SSSR count). The highest BCUT2D eigenvalue weighted by atomic mass is 16.5. The number of imide groups is 1. The number of carbonyl (C=O) groups is 4. The number of carbonyl (C=O) groups excluding carboxylic acids is 4. The molecule has 0 spiro atoms. The number of hydrogen-bond donors (Lipinski definition) is 1. The number of benzene rings is 1. The van der Waals surface area contributed by atoms with Crippen LogP contribution in [-0.4, -0.2) is 54.8 Å². The van der Waals surface area contributed by atoms with Gasteiger partial charge in [0, 0.05) is 24.8 Å². The van der Waals surface area contributed by atoms with Crippen molar-refractivity contribution in [1.29, 1.82) is 0 Å². The second kappa shape index (κ2) is 12.7. The highest BCUT2D eigenvalue weighted by Gasteiger charge is 2.46. The average Bonchev–Trinajstić information content (AvgIpc) is 3.72. The van der Waals surface area contributed by atoms with Crippen molar-refractivity contribution in [3.63, 3.8) is 0 Å². The van der Waals surface area contributed by atoms with Crippen LogP contribution < -0.4 is 10.1 Å². The molecule has 0 radical (unpaired) electrons. The fourth-order valence-corrected chi connectivity index (χ4v) is 4.72. The van der Waals surface area contributed by atoms with E-state index < -0.39 is 17.3 Å². The summed E-state index contributed by atoms with van der Waals surface area (Å²) in [6, 6.07) is 7.04. The van der Waals surface area contributed by atoms with Gasteiger partial charge in [0.05, 0.1) is 30.9 Å². The van der Waals surface area contributed by atoms with E-state index in [1.807, 2.05) is 19.1 Å². The molecule has 1 N–H and O–H groups in total. The molecule has 1 aliphatic carbocycles. The van der Waals surface area contributed by atoms with E-state index in [0.717, 1.165) is 29.5 Å². The zero-order valence-electron chi connectivity index (χ0n) is 23.5. The summed E-state index contributed by atoms with van der Waals surface area (Å²) < 4.78 is 10.0. The number of nitrogens with one attached hydrogen (secondary N) is 1. The van der Waals surface area contributed by atoms with E-state index in [2.05, 4.69) is 24.1 Å². The Bertz CT molecular complexity index is 1280. The standard InChI is InChI=1S/C27H29N3O6.C3H8/c1-16-9-19(25(33)36-4)12-28-23(16)11-22(17-5-6-17)27(2,26(34)29-15-31)14-30-13-18-7-8-20(35-3)10-21(18)24(30)32;1-3-2/h7-12,15,17H,5-6,13-14H2,1-4H3,(H,29,31,34);3H2,1-2H3/b22-11+;/t27-;/m1./s1. The molecule has 1 atom stereocenters. The smallest absolute Gasteiger partial charge is 0.339 e. The number of fused-ring (bicyclic) bond motifs is 1. The third kappa shape index (κ3) is 6.53. The molecular formula is C30H37N3O6. The average molecular weight is 536 g/mol. The van der Waals surface area contributed by atoms with Gasteiger partial charge in [0.15, 0.2) is 0 Å². The van der Waals surface area contributed by atoms with Crippen molar-refractivity contribution in [3.8, 4) is 5.75 Å². The third-order valence-corrected chi connectivity index (χ3v) is 6.88. The second-order valence-corrected chi connectivity index (χ2v) is 10.1. The van der Waals surface area contributed by atoms with Gasteiger partial charge in [-0.2, -0.15) is 0 Å². The van der Waals surface area contributed by atoms with Crippen LogP contribution in [0.2, 0.25) is 0 Å². The van der Waals surface area contributed by atoms with Crippen molar-refractivity contribution in [2.45, 2.75) is 53.5 Å². The maximum absolute atomic E-state index is 13.3. The molecule has 0 unspecified atom stereocenters. The van der Waals surface area contributed by atoms with E-state index in [1.165, 1.54) is 19.7 Å². The number of hydrogen-bond acceptors (Lipinski definition) is 7. The van der Waals surface area contributed by atoms with E-state index in [1.54, 1.807) is 37.1 Å². The van der Waals surface area contributed by atoms with E-state index in [9.17, 15) is 19.2 Å². The first-order valence-corrected chi connectivity index (χ1v) is 13.1. The minimum Gasteiger partial charge on any atom is -0.497 e. The molecule has 1 aliphatic heterocycles. The van der Waals surface area contributed by atoms with Crippen LogP contribution in [0.5, 0.6) is 5.75 Å². The Morgan fingerprint density at radius 1 is 1.21 bits per heavy atom. The maximum atomic E-state index is 13.3. The van der Waals surface area contributed by atoms with Gasteiger partial charge >= 0.3 is 5.97 Å². The van der Waals surface area contributed by atoms with Gasteiger partial charge in [-0.05, 0) is 73.6 Å². The molecule has 1 aromatic heterocycles. The van der Waals surface area contributed by atoms with Crippen LogP contribution in [0, 0.1) is 18.3 Å². The number of nitrogens with zero attached hydrogens (tertiary/aromatic N) is 2. The van der Waals surface area contributed by atoms with Gasteiger partial charge in [-0.3, -0.25) is 24.7 Å². The van der Waals surface area contributed by atoms with E-state index in [0.29, 0.717) is 35.5 Å². The third-order valence-electron chi connectivity index (χ3n) is 6.88. The fourth-order valence-electron chi connectivity index (χ4n) is 4.72. The van der Waals surface area contributed by atoms with Gasteiger partial charge in [-0.1, -0.05) is 26.3 Å². The van der Waals surface area contributed by atoms with Crippen molar-refractivity contribution < 1.29 is 28.7 Å². The largest absolute Gasteiger partial charge is 0.497 e. The van der Waals surface area contributed by atoms with Crippen LogP contribution in [0.4, 0.5) is 0 Å². The summed E-state index contributed by atoms with van der Waals surface area (Å²) in [5, 5.41) is 2.31. The summed E-state index contributed by atoms with van der Waals surface area (Å²) in [6.07, 6.45) is 6.69. The zero-order chi connectivity index (χ0) is 28.7. The van der Waals surface area contributed by atoms with Crippen molar-refractivity contribution in [1.82, 2.24) is 15.2 Å². The molecule has 2 heterocycles. The highest BCUT2D eigenvalue weighted by molar-refractivity contribution is 6.00. The van der Waals surface area contributed by atoms with Crippen LogP contribution in [-0.2, 0) is 20.9 Å². The topological polar surface area (TPSA) is 115 Å². The molecule has 2 aromatic rings. The zero-order valence-corrected chi connectivity index (χ0v) is 23.5. The number of pyridine rings is 1. The molecule has 0 bridgehead atoms. The first kappa shape index (κ1) is 29.5. The summed E-state index contributed by atoms with van der Waals surface area (Å²) in [5.74, 6) is -0.459. The lowest BCUT2D eigenvalue weighted by molar-refractivity contribution is -0.132. The number of methoxy groups -OCH3 is 2. The van der Waals surface area contributed by atoms with E-state index in [4.69, 9.17) is 9.47 Å². The Labute approximate surface area is 229 Å². The normalized spacial score (nSPS) is 15.9. The van der Waals surface area contributed by atoms with Gasteiger partial charge in [0.2, 0.25) is 12.3 Å². The second-order valence-electron chi connectivity index (χ2n) is 10.1. The lowest BCUT2D eigenvalue weighted by atomic mass is 9.77. The van der Waals surface area contributed by atoms with Gasteiger partial charge in [-0.15, -0.1) is 0 Å². The lowest BCUT2D eigenvalue weighted by Crippen LogP contribution is -2.48. The lowest BCUT2D eigenvalue weighted by Gasteiger charge is -2.34. The van der Waals surface area contributed by atoms with Gasteiger partial charge in [-0.25, -0.2) is 4.79 Å². The van der Waals surface area contributed by atoms with Crippen LogP contribution in [0.3, 0.4) is 0 Å². The molecule has 1 fully saturated rings. The molecule has 2 aliphatic rings. The number of esters is 1. The Hall–Kier alpha value is -4.01. The van der Waals surface area contributed by atoms with E-state index >= 15 is 0 Å². The number of ether oxygens (including phenoxy) is 2. The SMILES string of the molecule is CCC.COC(=O)c1cnc(/C=C(\C2CC2)[C@@](C)(CN2Cc3ccc(OC)cc3C2=O)C(=O)NC=O)c(C)c1. The van der Waals surface area contributed by atoms with Crippen molar-refractivity contribution in [2.24, 2.45) is 11.3 Å². The molecule has 9 heteroatoms. The first-order chi connectivity index (χ1) is 18.6. The Kier molecular flexibility index (Phi) is 9.61. The number of amides is 3. The van der Waals surface area contributed by atoms with Crippen molar-refractivity contribution >= 4 is 30.3 Å². The number of aryl methyl sites for hydroxylation is 1. The summed E-state index contributed by atoms with van der Waals surface area (Å²) >= 11 is 0. The molecular weight excluding hydrogens is 498 g/mol. The van der Waals surface area contributed by atoms with Crippen LogP contribution >= 0.6 is 0 Å². The maximum Gasteiger partial charge on any atom is 0.339 e. The van der Waals surface area contributed by atoms with Gasteiger partial charge in [0.1, 0.15) is 5.75 Å². The van der Waals surface area contributed by atoms with Crippen LogP contribution in [0.15, 0.2) is 36.0 Å². The Morgan fingerprint density at radius 3 is 2.46 bits per heavy atom. The van der Waals surface area contributed by atoms with Crippen molar-refractivity contribution in [2.75, 3.05) is 20.8 Å². The first-order valence-electron chi connectivity index (χ1n) is 13.1. The Morgan fingerprint density at radius 2 is 1.90 bits per heavy atom. The van der Waals surface area contributed by atoms with E-state index in [-0.39, 0.29) is 18.4 Å². The predicted molar refractivity (Wildman–Crippen MR) is 147 cm³/mol. The van der Waals surface area contributed by atoms with Crippen LogP contribution in [0.1, 0.15) is 77.6 Å². The van der Waals surface area contributed by atoms with Crippen LogP contribution in [0.25, 0.3) is 6.08 Å². The minimum atomic E-state index is -1.18.